The van der Waals surface area contributed by atoms with Crippen LogP contribution in [0.15, 0.2) is 18.3 Å². The van der Waals surface area contributed by atoms with Gasteiger partial charge < -0.3 is 10.2 Å². The second kappa shape index (κ2) is 3.75. The number of pyridine rings is 1. The summed E-state index contributed by atoms with van der Waals surface area (Å²) in [6, 6.07) is 3.02. The minimum Gasteiger partial charge on any atom is -0.477 e. The Hall–Kier alpha value is -1.42. The van der Waals surface area contributed by atoms with Gasteiger partial charge in [-0.3, -0.25) is 0 Å². The van der Waals surface area contributed by atoms with Gasteiger partial charge in [-0.25, -0.2) is 9.78 Å². The van der Waals surface area contributed by atoms with E-state index >= 15 is 0 Å². The first kappa shape index (κ1) is 10.7. The van der Waals surface area contributed by atoms with Crippen LogP contribution in [0.1, 0.15) is 36.3 Å². The molecule has 4 heteroatoms. The Morgan fingerprint density at radius 2 is 2.29 bits per heavy atom. The number of carboxylic acid groups (broad SMARTS) is 1. The molecule has 4 nitrogen and oxygen atoms in total. The Labute approximate surface area is 82.2 Å². The van der Waals surface area contributed by atoms with Gasteiger partial charge in [-0.15, -0.1) is 0 Å². The lowest BCUT2D eigenvalue weighted by Crippen LogP contribution is -2.20. The Morgan fingerprint density at radius 3 is 2.79 bits per heavy atom. The van der Waals surface area contributed by atoms with Crippen molar-refractivity contribution >= 4 is 5.97 Å². The average molecular weight is 195 g/mol. The van der Waals surface area contributed by atoms with Crippen LogP contribution in [0.4, 0.5) is 0 Å². The molecule has 14 heavy (non-hydrogen) atoms. The summed E-state index contributed by atoms with van der Waals surface area (Å²) in [6.07, 6.45) is 1.92. The SMILES string of the molecule is CCC(C)(O)c1ccnc(C(=O)O)c1. The highest BCUT2D eigenvalue weighted by atomic mass is 16.4. The fourth-order valence-electron chi connectivity index (χ4n) is 1.09. The molecule has 0 saturated heterocycles. The first-order valence-corrected chi connectivity index (χ1v) is 4.39. The third-order valence-electron chi connectivity index (χ3n) is 2.29. The molecule has 0 aromatic carbocycles. The van der Waals surface area contributed by atoms with E-state index in [0.717, 1.165) is 0 Å². The fourth-order valence-corrected chi connectivity index (χ4v) is 1.09. The molecule has 0 fully saturated rings. The molecule has 0 radical (unpaired) electrons. The molecule has 2 N–H and O–H groups in total. The maximum Gasteiger partial charge on any atom is 0.354 e. The summed E-state index contributed by atoms with van der Waals surface area (Å²) >= 11 is 0. The summed E-state index contributed by atoms with van der Waals surface area (Å²) in [6.45, 7) is 3.48. The lowest BCUT2D eigenvalue weighted by molar-refractivity contribution is 0.0527. The minimum atomic E-state index is -1.08. The zero-order chi connectivity index (χ0) is 10.8. The van der Waals surface area contributed by atoms with Gasteiger partial charge in [0.05, 0.1) is 5.60 Å². The van der Waals surface area contributed by atoms with E-state index in [4.69, 9.17) is 5.11 Å². The van der Waals surface area contributed by atoms with Crippen molar-refractivity contribution in [1.29, 1.82) is 0 Å². The van der Waals surface area contributed by atoms with Crippen molar-refractivity contribution < 1.29 is 15.0 Å². The molecule has 1 heterocycles. The summed E-state index contributed by atoms with van der Waals surface area (Å²) in [5.41, 5.74) is -0.462. The van der Waals surface area contributed by atoms with Gasteiger partial charge in [-0.1, -0.05) is 6.92 Å². The van der Waals surface area contributed by atoms with Crippen molar-refractivity contribution in [2.24, 2.45) is 0 Å². The highest BCUT2D eigenvalue weighted by Crippen LogP contribution is 2.23. The van der Waals surface area contributed by atoms with Crippen LogP contribution in [0, 0.1) is 0 Å². The van der Waals surface area contributed by atoms with E-state index in [1.165, 1.54) is 12.3 Å². The number of rotatable bonds is 3. The molecule has 0 saturated carbocycles. The normalized spacial score (nSPS) is 14.8. The molecule has 1 atom stereocenters. The van der Waals surface area contributed by atoms with Gasteiger partial charge >= 0.3 is 5.97 Å². The van der Waals surface area contributed by atoms with Crippen molar-refractivity contribution in [3.63, 3.8) is 0 Å². The zero-order valence-electron chi connectivity index (χ0n) is 8.19. The van der Waals surface area contributed by atoms with Crippen molar-refractivity contribution in [1.82, 2.24) is 4.98 Å². The number of hydrogen-bond donors (Lipinski definition) is 2. The zero-order valence-corrected chi connectivity index (χ0v) is 8.19. The molecule has 0 aliphatic rings. The van der Waals surface area contributed by atoms with Gasteiger partial charge in [-0.2, -0.15) is 0 Å². The van der Waals surface area contributed by atoms with Gasteiger partial charge in [0.15, 0.2) is 0 Å². The summed E-state index contributed by atoms with van der Waals surface area (Å²) in [5.74, 6) is -1.08. The van der Waals surface area contributed by atoms with Gasteiger partial charge in [-0.05, 0) is 31.0 Å². The maximum absolute atomic E-state index is 10.6. The van der Waals surface area contributed by atoms with Gasteiger partial charge in [0.1, 0.15) is 5.69 Å². The van der Waals surface area contributed by atoms with Crippen molar-refractivity contribution in [3.8, 4) is 0 Å². The van der Waals surface area contributed by atoms with Gasteiger partial charge in [0.2, 0.25) is 0 Å². The Balaban J connectivity index is 3.12. The third kappa shape index (κ3) is 2.09. The van der Waals surface area contributed by atoms with Crippen LogP contribution in [-0.4, -0.2) is 21.2 Å². The van der Waals surface area contributed by atoms with E-state index in [-0.39, 0.29) is 5.69 Å². The smallest absolute Gasteiger partial charge is 0.354 e. The molecule has 0 aliphatic heterocycles. The number of hydrogen-bond acceptors (Lipinski definition) is 3. The fraction of sp³-hybridized carbons (Fsp3) is 0.400. The number of carbonyl (C=O) groups is 1. The lowest BCUT2D eigenvalue weighted by atomic mass is 9.94. The van der Waals surface area contributed by atoms with Crippen LogP contribution >= 0.6 is 0 Å². The molecular formula is C10H13NO3. The summed E-state index contributed by atoms with van der Waals surface area (Å²) in [7, 11) is 0. The Kier molecular flexibility index (Phi) is 2.86. The molecular weight excluding hydrogens is 182 g/mol. The van der Waals surface area contributed by atoms with Crippen molar-refractivity contribution in [3.05, 3.63) is 29.6 Å². The molecule has 0 aliphatic carbocycles. The van der Waals surface area contributed by atoms with E-state index in [0.29, 0.717) is 12.0 Å². The Bertz CT molecular complexity index is 347. The van der Waals surface area contributed by atoms with Crippen LogP contribution in [0.2, 0.25) is 0 Å². The molecule has 1 unspecified atom stereocenters. The largest absolute Gasteiger partial charge is 0.477 e. The van der Waals surface area contributed by atoms with Gasteiger partial charge in [0, 0.05) is 6.20 Å². The van der Waals surface area contributed by atoms with Crippen LogP contribution in [0.5, 0.6) is 0 Å². The molecule has 1 rings (SSSR count). The quantitative estimate of drug-likeness (QED) is 0.764. The molecule has 0 spiro atoms. The summed E-state index contributed by atoms with van der Waals surface area (Å²) < 4.78 is 0. The summed E-state index contributed by atoms with van der Waals surface area (Å²) in [4.78, 5) is 14.3. The topological polar surface area (TPSA) is 70.4 Å². The number of aromatic nitrogens is 1. The molecule has 0 bridgehead atoms. The maximum atomic E-state index is 10.6. The average Bonchev–Trinajstić information content (AvgIpc) is 2.18. The number of nitrogens with zero attached hydrogens (tertiary/aromatic N) is 1. The second-order valence-electron chi connectivity index (χ2n) is 3.36. The molecule has 1 aromatic heterocycles. The second-order valence-corrected chi connectivity index (χ2v) is 3.36. The van der Waals surface area contributed by atoms with Crippen molar-refractivity contribution in [2.45, 2.75) is 25.9 Å². The number of aliphatic hydroxyl groups is 1. The highest BCUT2D eigenvalue weighted by molar-refractivity contribution is 5.85. The standard InChI is InChI=1S/C10H13NO3/c1-3-10(2,14)7-4-5-11-8(6-7)9(12)13/h4-6,14H,3H2,1-2H3,(H,12,13). The predicted molar refractivity (Wildman–Crippen MR) is 51.1 cm³/mol. The monoisotopic (exact) mass is 195 g/mol. The minimum absolute atomic E-state index is 0.0452. The van der Waals surface area contributed by atoms with Crippen molar-refractivity contribution in [2.75, 3.05) is 0 Å². The van der Waals surface area contributed by atoms with E-state index in [1.807, 2.05) is 6.92 Å². The molecule has 76 valence electrons. The third-order valence-corrected chi connectivity index (χ3v) is 2.29. The van der Waals surface area contributed by atoms with E-state index in [1.54, 1.807) is 13.0 Å². The van der Waals surface area contributed by atoms with E-state index in [2.05, 4.69) is 4.98 Å². The Morgan fingerprint density at radius 1 is 1.64 bits per heavy atom. The molecule has 0 amide bonds. The van der Waals surface area contributed by atoms with Crippen LogP contribution < -0.4 is 0 Å². The first-order valence-electron chi connectivity index (χ1n) is 4.39. The van der Waals surface area contributed by atoms with Crippen LogP contribution in [0.3, 0.4) is 0 Å². The lowest BCUT2D eigenvalue weighted by Gasteiger charge is -2.21. The first-order chi connectivity index (χ1) is 6.47. The molecule has 1 aromatic rings. The van der Waals surface area contributed by atoms with E-state index < -0.39 is 11.6 Å². The van der Waals surface area contributed by atoms with Crippen LogP contribution in [-0.2, 0) is 5.60 Å². The van der Waals surface area contributed by atoms with E-state index in [9.17, 15) is 9.90 Å². The number of carboxylic acids is 1. The summed E-state index contributed by atoms with van der Waals surface area (Å²) in [5, 5.41) is 18.6. The predicted octanol–water partition coefficient (Wildman–Crippen LogP) is 1.40. The highest BCUT2D eigenvalue weighted by Gasteiger charge is 2.21. The number of aromatic carboxylic acids is 1. The van der Waals surface area contributed by atoms with Gasteiger partial charge in [0.25, 0.3) is 0 Å². The van der Waals surface area contributed by atoms with Crippen LogP contribution in [0.25, 0.3) is 0 Å².